The predicted octanol–water partition coefficient (Wildman–Crippen LogP) is 6.16. The van der Waals surface area contributed by atoms with E-state index in [1.54, 1.807) is 49.6 Å². The number of allylic oxidation sites excluding steroid dienone is 1. The highest BCUT2D eigenvalue weighted by Crippen LogP contribution is 2.64. The Morgan fingerprint density at radius 2 is 1.40 bits per heavy atom. The fourth-order valence-electron chi connectivity index (χ4n) is 6.47. The van der Waals surface area contributed by atoms with Crippen molar-refractivity contribution in [3.8, 4) is 5.75 Å². The molecule has 0 radical (unpaired) electrons. The highest BCUT2D eigenvalue weighted by molar-refractivity contribution is 8.10. The van der Waals surface area contributed by atoms with Gasteiger partial charge in [-0.25, -0.2) is 16.8 Å². The molecule has 8 heteroatoms. The van der Waals surface area contributed by atoms with E-state index in [4.69, 9.17) is 9.47 Å². The Bertz CT molecular complexity index is 1530. The van der Waals surface area contributed by atoms with E-state index in [1.165, 1.54) is 24.3 Å². The summed E-state index contributed by atoms with van der Waals surface area (Å²) in [7, 11) is -7.04. The molecule has 2 aliphatic rings. The number of benzene rings is 3. The van der Waals surface area contributed by atoms with Crippen LogP contribution in [-0.4, -0.2) is 34.1 Å². The number of rotatable bonds is 9. The van der Waals surface area contributed by atoms with E-state index >= 15 is 0 Å². The molecule has 5 rings (SSSR count). The van der Waals surface area contributed by atoms with Gasteiger partial charge in [-0.1, -0.05) is 61.2 Å². The largest absolute Gasteiger partial charge is 0.497 e. The average Bonchev–Trinajstić information content (AvgIpc) is 3.49. The van der Waals surface area contributed by atoms with E-state index in [9.17, 15) is 16.8 Å². The van der Waals surface area contributed by atoms with E-state index in [0.29, 0.717) is 19.4 Å². The van der Waals surface area contributed by atoms with Gasteiger partial charge in [0.05, 0.1) is 29.6 Å². The summed E-state index contributed by atoms with van der Waals surface area (Å²) in [6.45, 7) is 8.64. The number of methoxy groups -OCH3 is 1. The number of ether oxygens (including phenoxy) is 2. The quantitative estimate of drug-likeness (QED) is 0.283. The first-order chi connectivity index (χ1) is 19.1. The summed E-state index contributed by atoms with van der Waals surface area (Å²) in [5.74, 6) is 0.388. The first-order valence-corrected chi connectivity index (χ1v) is 16.2. The summed E-state index contributed by atoms with van der Waals surface area (Å²) < 4.78 is 67.2. The van der Waals surface area contributed by atoms with Crippen LogP contribution < -0.4 is 4.74 Å². The van der Waals surface area contributed by atoms with Gasteiger partial charge in [0.25, 0.3) is 0 Å². The molecule has 3 atom stereocenters. The van der Waals surface area contributed by atoms with Crippen LogP contribution in [0, 0.1) is 11.3 Å². The van der Waals surface area contributed by atoms with Gasteiger partial charge in [0.1, 0.15) is 5.75 Å². The lowest BCUT2D eigenvalue weighted by Crippen LogP contribution is -2.45. The van der Waals surface area contributed by atoms with Crippen LogP contribution in [0.2, 0.25) is 0 Å². The van der Waals surface area contributed by atoms with Crippen molar-refractivity contribution in [2.24, 2.45) is 11.3 Å². The van der Waals surface area contributed by atoms with Crippen molar-refractivity contribution in [3.05, 3.63) is 115 Å². The van der Waals surface area contributed by atoms with E-state index in [-0.39, 0.29) is 34.7 Å². The van der Waals surface area contributed by atoms with Crippen molar-refractivity contribution < 1.29 is 26.3 Å². The summed E-state index contributed by atoms with van der Waals surface area (Å²) in [5, 5.41) is 0. The van der Waals surface area contributed by atoms with Crippen molar-refractivity contribution in [3.63, 3.8) is 0 Å². The van der Waals surface area contributed by atoms with Crippen LogP contribution in [0.4, 0.5) is 0 Å². The van der Waals surface area contributed by atoms with Crippen LogP contribution in [0.25, 0.3) is 0 Å². The molecule has 0 saturated heterocycles. The van der Waals surface area contributed by atoms with Gasteiger partial charge in [0, 0.05) is 0 Å². The molecular weight excluding hydrogens is 544 g/mol. The molecule has 0 amide bonds. The lowest BCUT2D eigenvalue weighted by atomic mass is 9.76. The fourth-order valence-corrected chi connectivity index (χ4v) is 11.8. The molecule has 40 heavy (non-hydrogen) atoms. The maximum Gasteiger partial charge on any atom is 0.198 e. The zero-order valence-corrected chi connectivity index (χ0v) is 24.2. The van der Waals surface area contributed by atoms with Gasteiger partial charge < -0.3 is 9.47 Å². The molecule has 3 aromatic rings. The molecule has 0 aromatic heterocycles. The summed E-state index contributed by atoms with van der Waals surface area (Å²) in [6.07, 6.45) is 2.18. The van der Waals surface area contributed by atoms with Gasteiger partial charge in [-0.3, -0.25) is 0 Å². The second kappa shape index (κ2) is 10.7. The Hall–Kier alpha value is -3.20. The lowest BCUT2D eigenvalue weighted by Gasteiger charge is -2.32. The third-order valence-corrected chi connectivity index (χ3v) is 14.2. The van der Waals surface area contributed by atoms with Gasteiger partial charge >= 0.3 is 0 Å². The molecule has 0 heterocycles. The normalized spacial score (nSPS) is 24.3. The van der Waals surface area contributed by atoms with E-state index in [2.05, 4.69) is 13.2 Å². The Morgan fingerprint density at radius 1 is 0.850 bits per heavy atom. The second-order valence-electron chi connectivity index (χ2n) is 10.8. The van der Waals surface area contributed by atoms with E-state index < -0.39 is 29.2 Å². The van der Waals surface area contributed by atoms with Crippen LogP contribution in [0.15, 0.2) is 120 Å². The molecule has 0 aliphatic heterocycles. The van der Waals surface area contributed by atoms with Crippen molar-refractivity contribution >= 4 is 19.7 Å². The molecule has 210 valence electrons. The summed E-state index contributed by atoms with van der Waals surface area (Å²) in [6, 6.07) is 23.4. The van der Waals surface area contributed by atoms with Gasteiger partial charge in [-0.2, -0.15) is 0 Å². The molecule has 1 spiro atoms. The van der Waals surface area contributed by atoms with E-state index in [0.717, 1.165) is 16.9 Å². The number of sulfone groups is 2. The molecule has 2 aliphatic carbocycles. The number of hydrogen-bond donors (Lipinski definition) is 0. The van der Waals surface area contributed by atoms with Crippen LogP contribution in [-0.2, 0) is 31.0 Å². The highest BCUT2D eigenvalue weighted by atomic mass is 32.3. The summed E-state index contributed by atoms with van der Waals surface area (Å²) >= 11 is 0. The average molecular weight is 579 g/mol. The molecule has 0 bridgehead atoms. The lowest BCUT2D eigenvalue weighted by molar-refractivity contribution is 0.0506. The first kappa shape index (κ1) is 28.3. The molecule has 3 aromatic carbocycles. The Labute approximate surface area is 237 Å². The summed E-state index contributed by atoms with van der Waals surface area (Å²) in [5.41, 5.74) is 1.13. The SMILES string of the molecule is C=C[C@H]1CC(S(=O)(=O)c2ccccc2)(S(=O)(=O)c2ccccc2)C[C@@]12CC(=C)C(OCc1ccc(OC)cc1)C2. The molecule has 2 fully saturated rings. The van der Waals surface area contributed by atoms with Crippen LogP contribution >= 0.6 is 0 Å². The highest BCUT2D eigenvalue weighted by Gasteiger charge is 2.68. The zero-order valence-electron chi connectivity index (χ0n) is 22.5. The number of hydrogen-bond acceptors (Lipinski definition) is 6. The minimum atomic E-state index is -4.33. The Balaban J connectivity index is 1.53. The van der Waals surface area contributed by atoms with Gasteiger partial charge in [-0.05, 0) is 84.6 Å². The van der Waals surface area contributed by atoms with Gasteiger partial charge in [0.15, 0.2) is 23.8 Å². The molecule has 6 nitrogen and oxygen atoms in total. The van der Waals surface area contributed by atoms with E-state index in [1.807, 2.05) is 24.3 Å². The monoisotopic (exact) mass is 578 g/mol. The predicted molar refractivity (Wildman–Crippen MR) is 155 cm³/mol. The minimum Gasteiger partial charge on any atom is -0.497 e. The molecular formula is C32H34O6S2. The maximum atomic E-state index is 14.4. The Morgan fingerprint density at radius 3 is 1.90 bits per heavy atom. The van der Waals surface area contributed by atoms with Crippen LogP contribution in [0.5, 0.6) is 5.75 Å². The topological polar surface area (TPSA) is 86.7 Å². The summed E-state index contributed by atoms with van der Waals surface area (Å²) in [4.78, 5) is -0.00278. The molecule has 1 unspecified atom stereocenters. The smallest absolute Gasteiger partial charge is 0.198 e. The van der Waals surface area contributed by atoms with Crippen molar-refractivity contribution in [2.45, 2.75) is 52.3 Å². The van der Waals surface area contributed by atoms with Gasteiger partial charge in [-0.15, -0.1) is 6.58 Å². The first-order valence-electron chi connectivity index (χ1n) is 13.2. The zero-order chi connectivity index (χ0) is 28.6. The maximum absolute atomic E-state index is 14.4. The third-order valence-electron chi connectivity index (χ3n) is 8.55. The molecule has 0 N–H and O–H groups in total. The second-order valence-corrected chi connectivity index (χ2v) is 15.6. The van der Waals surface area contributed by atoms with Crippen molar-refractivity contribution in [2.75, 3.05) is 7.11 Å². The van der Waals surface area contributed by atoms with Crippen LogP contribution in [0.3, 0.4) is 0 Å². The third kappa shape index (κ3) is 4.62. The van der Waals surface area contributed by atoms with Crippen molar-refractivity contribution in [1.29, 1.82) is 0 Å². The minimum absolute atomic E-state index is 0.00139. The van der Waals surface area contributed by atoms with Crippen molar-refractivity contribution in [1.82, 2.24) is 0 Å². The fraction of sp³-hybridized carbons (Fsp3) is 0.312. The Kier molecular flexibility index (Phi) is 7.54. The molecule has 2 saturated carbocycles. The van der Waals surface area contributed by atoms with Gasteiger partial charge in [0.2, 0.25) is 0 Å². The standard InChI is InChI=1S/C32H34O6S2/c1-4-26-20-32(39(33,34)28-11-7-5-8-12-28,40(35,36)29-13-9-6-10-14-29)23-31(26)19-24(2)30(21-31)38-22-25-15-17-27(37-3)18-16-25/h4-18,26,30H,1-2,19-23H2,3H3/t26-,30?,31-/m0/s1. The van der Waals surface area contributed by atoms with Crippen LogP contribution in [0.1, 0.15) is 31.2 Å².